The zero-order chi connectivity index (χ0) is 14.7. The van der Waals surface area contributed by atoms with Gasteiger partial charge in [0.2, 0.25) is 5.91 Å². The molecule has 0 fully saturated rings. The molecule has 0 bridgehead atoms. The first-order valence-electron chi connectivity index (χ1n) is 5.99. The minimum absolute atomic E-state index is 0.0322. The number of carbonyl (C=O) groups excluding carboxylic acids is 1. The van der Waals surface area contributed by atoms with Crippen LogP contribution in [-0.2, 0) is 14.8 Å². The van der Waals surface area contributed by atoms with Crippen molar-refractivity contribution in [2.45, 2.75) is 38.1 Å². The first kappa shape index (κ1) is 15.7. The minimum atomic E-state index is -3.81. The molecule has 1 aromatic rings. The Labute approximate surface area is 114 Å². The summed E-state index contributed by atoms with van der Waals surface area (Å²) in [5.74, 6) is -0.591. The highest BCUT2D eigenvalue weighted by Crippen LogP contribution is 2.19. The Balaban J connectivity index is 2.73. The second-order valence-electron chi connectivity index (χ2n) is 5.52. The van der Waals surface area contributed by atoms with Gasteiger partial charge in [-0.1, -0.05) is 39.0 Å². The maximum absolute atomic E-state index is 11.9. The van der Waals surface area contributed by atoms with Crippen molar-refractivity contribution in [2.24, 2.45) is 11.1 Å². The lowest BCUT2D eigenvalue weighted by Crippen LogP contribution is -2.41. The molecule has 0 spiro atoms. The Hall–Kier alpha value is -1.40. The van der Waals surface area contributed by atoms with Gasteiger partial charge in [0.15, 0.2) is 0 Å². The number of nitrogens with two attached hydrogens (primary N) is 1. The third-order valence-electron chi connectivity index (χ3n) is 2.82. The van der Waals surface area contributed by atoms with Crippen LogP contribution in [0, 0.1) is 5.41 Å². The van der Waals surface area contributed by atoms with Crippen LogP contribution >= 0.6 is 0 Å². The minimum Gasteiger partial charge on any atom is -0.327 e. The Bertz CT molecular complexity index is 533. The van der Waals surface area contributed by atoms with Crippen LogP contribution < -0.4 is 10.5 Å². The Kier molecular flexibility index (Phi) is 4.70. The number of nitrogens with one attached hydrogen (secondary N) is 1. The second-order valence-corrected chi connectivity index (χ2v) is 7.20. The molecule has 0 saturated carbocycles. The van der Waals surface area contributed by atoms with E-state index in [1.54, 1.807) is 18.2 Å². The van der Waals surface area contributed by atoms with Crippen molar-refractivity contribution in [1.29, 1.82) is 0 Å². The largest absolute Gasteiger partial charge is 0.327 e. The molecule has 106 valence electrons. The molecule has 0 aliphatic carbocycles. The average molecular weight is 284 g/mol. The topological polar surface area (TPSA) is 89.3 Å². The van der Waals surface area contributed by atoms with E-state index in [1.165, 1.54) is 12.1 Å². The van der Waals surface area contributed by atoms with Crippen LogP contribution in [0.15, 0.2) is 35.2 Å². The molecule has 1 atom stereocenters. The van der Waals surface area contributed by atoms with Gasteiger partial charge in [-0.2, -0.15) is 0 Å². The highest BCUT2D eigenvalue weighted by Gasteiger charge is 2.25. The molecule has 6 heteroatoms. The van der Waals surface area contributed by atoms with E-state index in [2.05, 4.69) is 0 Å². The number of sulfonamides is 1. The number of hydrogen-bond donors (Lipinski definition) is 2. The maximum Gasteiger partial charge on any atom is 0.264 e. The molecular weight excluding hydrogens is 264 g/mol. The second kappa shape index (κ2) is 5.71. The van der Waals surface area contributed by atoms with Crippen LogP contribution in [0.1, 0.15) is 27.2 Å². The quantitative estimate of drug-likeness (QED) is 0.871. The molecule has 3 N–H and O–H groups in total. The van der Waals surface area contributed by atoms with Crippen molar-refractivity contribution in [1.82, 2.24) is 4.72 Å². The number of hydrogen-bond acceptors (Lipinski definition) is 4. The summed E-state index contributed by atoms with van der Waals surface area (Å²) in [7, 11) is -3.81. The third-order valence-corrected chi connectivity index (χ3v) is 4.21. The SMILES string of the molecule is CC(C)(C)C(N)CC(=O)NS(=O)(=O)c1ccccc1. The zero-order valence-electron chi connectivity index (χ0n) is 11.4. The molecule has 1 unspecified atom stereocenters. The van der Waals surface area contributed by atoms with Crippen LogP contribution in [0.2, 0.25) is 0 Å². The summed E-state index contributed by atoms with van der Waals surface area (Å²) in [5, 5.41) is 0. The van der Waals surface area contributed by atoms with Crippen LogP contribution in [0.5, 0.6) is 0 Å². The molecule has 0 aliphatic heterocycles. The van der Waals surface area contributed by atoms with Gasteiger partial charge in [-0.15, -0.1) is 0 Å². The molecular formula is C13H20N2O3S. The number of carbonyl (C=O) groups is 1. The smallest absolute Gasteiger partial charge is 0.264 e. The summed E-state index contributed by atoms with van der Waals surface area (Å²) in [6, 6.07) is 7.35. The van der Waals surface area contributed by atoms with E-state index in [0.29, 0.717) is 0 Å². The summed E-state index contributed by atoms with van der Waals surface area (Å²) in [5.41, 5.74) is 5.60. The fraction of sp³-hybridized carbons (Fsp3) is 0.462. The molecule has 1 rings (SSSR count). The van der Waals surface area contributed by atoms with Crippen LogP contribution in [0.4, 0.5) is 0 Å². The van der Waals surface area contributed by atoms with E-state index < -0.39 is 22.0 Å². The van der Waals surface area contributed by atoms with Gasteiger partial charge >= 0.3 is 0 Å². The Morgan fingerprint density at radius 1 is 1.26 bits per heavy atom. The fourth-order valence-corrected chi connectivity index (χ4v) is 2.37. The van der Waals surface area contributed by atoms with Gasteiger partial charge in [0, 0.05) is 12.5 Å². The maximum atomic E-state index is 11.9. The van der Waals surface area contributed by atoms with Gasteiger partial charge in [0.05, 0.1) is 4.90 Å². The van der Waals surface area contributed by atoms with Gasteiger partial charge < -0.3 is 5.73 Å². The molecule has 1 amide bonds. The predicted octanol–water partition coefficient (Wildman–Crippen LogP) is 1.25. The van der Waals surface area contributed by atoms with E-state index >= 15 is 0 Å². The molecule has 5 nitrogen and oxygen atoms in total. The predicted molar refractivity (Wildman–Crippen MR) is 73.8 cm³/mol. The summed E-state index contributed by atoms with van der Waals surface area (Å²) in [6.07, 6.45) is -0.0322. The zero-order valence-corrected chi connectivity index (χ0v) is 12.2. The van der Waals surface area contributed by atoms with E-state index in [1.807, 2.05) is 25.5 Å². The van der Waals surface area contributed by atoms with Gasteiger partial charge in [-0.05, 0) is 17.5 Å². The molecule has 0 heterocycles. The third kappa shape index (κ3) is 4.65. The van der Waals surface area contributed by atoms with E-state index in [9.17, 15) is 13.2 Å². The highest BCUT2D eigenvalue weighted by atomic mass is 32.2. The Morgan fingerprint density at radius 2 is 1.79 bits per heavy atom. The van der Waals surface area contributed by atoms with E-state index in [-0.39, 0.29) is 16.7 Å². The van der Waals surface area contributed by atoms with Crippen molar-refractivity contribution in [3.63, 3.8) is 0 Å². The van der Waals surface area contributed by atoms with Crippen molar-refractivity contribution < 1.29 is 13.2 Å². The number of benzene rings is 1. The molecule has 0 radical (unpaired) electrons. The van der Waals surface area contributed by atoms with Crippen LogP contribution in [-0.4, -0.2) is 20.4 Å². The monoisotopic (exact) mass is 284 g/mol. The van der Waals surface area contributed by atoms with Gasteiger partial charge in [0.1, 0.15) is 0 Å². The summed E-state index contributed by atoms with van der Waals surface area (Å²) in [6.45, 7) is 5.70. The molecule has 0 saturated heterocycles. The van der Waals surface area contributed by atoms with Crippen molar-refractivity contribution in [3.8, 4) is 0 Å². The number of amides is 1. The standard InChI is InChI=1S/C13H20N2O3S/c1-13(2,3)11(14)9-12(16)15-19(17,18)10-7-5-4-6-8-10/h4-8,11H,9,14H2,1-3H3,(H,15,16). The van der Waals surface area contributed by atoms with Crippen LogP contribution in [0.3, 0.4) is 0 Å². The Morgan fingerprint density at radius 3 is 2.26 bits per heavy atom. The lowest BCUT2D eigenvalue weighted by Gasteiger charge is -2.26. The van der Waals surface area contributed by atoms with E-state index in [0.717, 1.165) is 0 Å². The van der Waals surface area contributed by atoms with Crippen molar-refractivity contribution in [2.75, 3.05) is 0 Å². The normalized spacial score (nSPS) is 13.9. The number of rotatable bonds is 4. The molecule has 0 aliphatic rings. The van der Waals surface area contributed by atoms with Gasteiger partial charge in [0.25, 0.3) is 10.0 Å². The lowest BCUT2D eigenvalue weighted by molar-refractivity contribution is -0.120. The summed E-state index contributed by atoms with van der Waals surface area (Å²) < 4.78 is 25.8. The average Bonchev–Trinajstić information content (AvgIpc) is 2.28. The highest BCUT2D eigenvalue weighted by molar-refractivity contribution is 7.90. The van der Waals surface area contributed by atoms with Crippen molar-refractivity contribution >= 4 is 15.9 Å². The summed E-state index contributed by atoms with van der Waals surface area (Å²) >= 11 is 0. The first-order valence-corrected chi connectivity index (χ1v) is 7.47. The van der Waals surface area contributed by atoms with E-state index in [4.69, 9.17) is 5.73 Å². The molecule has 1 aromatic carbocycles. The van der Waals surface area contributed by atoms with Gasteiger partial charge in [-0.25, -0.2) is 13.1 Å². The van der Waals surface area contributed by atoms with Crippen LogP contribution in [0.25, 0.3) is 0 Å². The fourth-order valence-electron chi connectivity index (χ4n) is 1.36. The molecule has 19 heavy (non-hydrogen) atoms. The first-order chi connectivity index (χ1) is 8.63. The van der Waals surface area contributed by atoms with Crippen molar-refractivity contribution in [3.05, 3.63) is 30.3 Å². The van der Waals surface area contributed by atoms with Gasteiger partial charge in [-0.3, -0.25) is 4.79 Å². The lowest BCUT2D eigenvalue weighted by atomic mass is 9.85. The molecule has 0 aromatic heterocycles. The summed E-state index contributed by atoms with van der Waals surface area (Å²) in [4.78, 5) is 11.8.